The first-order chi connectivity index (χ1) is 17.1. The van der Waals surface area contributed by atoms with Crippen LogP contribution in [0.1, 0.15) is 60.3 Å². The number of anilines is 1. The Labute approximate surface area is 220 Å². The van der Waals surface area contributed by atoms with Crippen molar-refractivity contribution in [3.8, 4) is 22.3 Å². The summed E-state index contributed by atoms with van der Waals surface area (Å²) >= 11 is 0. The molecule has 0 spiro atoms. The largest absolute Gasteiger partial charge is 0.479 e. The lowest BCUT2D eigenvalue weighted by atomic mass is 9.81. The Bertz CT molecular complexity index is 1530. The van der Waals surface area contributed by atoms with E-state index in [9.17, 15) is 18.3 Å². The van der Waals surface area contributed by atoms with Crippen LogP contribution in [0.3, 0.4) is 0 Å². The van der Waals surface area contributed by atoms with Gasteiger partial charge in [-0.05, 0) is 101 Å². The molecule has 1 heterocycles. The van der Waals surface area contributed by atoms with Gasteiger partial charge in [-0.2, -0.15) is 0 Å². The van der Waals surface area contributed by atoms with Gasteiger partial charge in [0.15, 0.2) is 6.10 Å². The molecule has 3 aromatic carbocycles. The number of fused-ring (bicyclic) bond motifs is 3. The smallest absolute Gasteiger partial charge is 0.337 e. The second-order valence-electron chi connectivity index (χ2n) is 11.0. The highest BCUT2D eigenvalue weighted by Crippen LogP contribution is 2.52. The number of nitrogens with zero attached hydrogens (tertiary/aromatic N) is 1. The van der Waals surface area contributed by atoms with E-state index < -0.39 is 27.7 Å². The van der Waals surface area contributed by atoms with E-state index >= 15 is 0 Å². The van der Waals surface area contributed by atoms with Gasteiger partial charge in [0.25, 0.3) is 10.0 Å². The van der Waals surface area contributed by atoms with Crippen molar-refractivity contribution in [3.05, 3.63) is 69.8 Å². The number of rotatable bonds is 4. The number of aryl methyl sites for hydroxylation is 3. The minimum atomic E-state index is -3.85. The summed E-state index contributed by atoms with van der Waals surface area (Å²) in [6.07, 6.45) is -1.29. The van der Waals surface area contributed by atoms with Crippen LogP contribution in [0.4, 0.5) is 5.69 Å². The maximum Gasteiger partial charge on any atom is 0.337 e. The molecule has 0 amide bonds. The van der Waals surface area contributed by atoms with Crippen LogP contribution >= 0.6 is 0 Å². The molecule has 196 valence electrons. The number of hydrogen-bond donors (Lipinski definition) is 1. The Morgan fingerprint density at radius 2 is 1.49 bits per heavy atom. The van der Waals surface area contributed by atoms with Gasteiger partial charge in [0, 0.05) is 23.7 Å². The van der Waals surface area contributed by atoms with Crippen molar-refractivity contribution >= 4 is 21.7 Å². The molecule has 0 aliphatic carbocycles. The average molecular weight is 522 g/mol. The van der Waals surface area contributed by atoms with Crippen molar-refractivity contribution in [2.75, 3.05) is 11.4 Å². The van der Waals surface area contributed by atoms with E-state index in [2.05, 4.69) is 0 Å². The van der Waals surface area contributed by atoms with Gasteiger partial charge in [0.2, 0.25) is 0 Å². The molecule has 1 N–H and O–H groups in total. The maximum absolute atomic E-state index is 13.7. The maximum atomic E-state index is 13.7. The van der Waals surface area contributed by atoms with Crippen LogP contribution in [0.5, 0.6) is 0 Å². The van der Waals surface area contributed by atoms with Crippen LogP contribution in [-0.2, 0) is 19.6 Å². The number of carbonyl (C=O) groups is 1. The lowest BCUT2D eigenvalue weighted by Crippen LogP contribution is -2.33. The normalized spacial score (nSPS) is 15.2. The molecule has 0 fully saturated rings. The molecule has 3 aromatic rings. The van der Waals surface area contributed by atoms with Crippen molar-refractivity contribution < 1.29 is 23.1 Å². The molecular formula is C30H35NO5S. The first-order valence-corrected chi connectivity index (χ1v) is 13.8. The summed E-state index contributed by atoms with van der Waals surface area (Å²) in [6, 6.07) is 11.6. The van der Waals surface area contributed by atoms with Gasteiger partial charge in [-0.25, -0.2) is 13.2 Å². The van der Waals surface area contributed by atoms with Crippen molar-refractivity contribution in [1.82, 2.24) is 0 Å². The van der Waals surface area contributed by atoms with Crippen LogP contribution < -0.4 is 4.31 Å². The molecule has 0 bridgehead atoms. The number of ether oxygens (including phenoxy) is 1. The molecule has 0 aromatic heterocycles. The van der Waals surface area contributed by atoms with E-state index in [1.807, 2.05) is 78.8 Å². The molecule has 4 rings (SSSR count). The number of carboxylic acids is 1. The second-order valence-corrected chi connectivity index (χ2v) is 12.9. The molecule has 37 heavy (non-hydrogen) atoms. The Morgan fingerprint density at radius 1 is 0.919 bits per heavy atom. The van der Waals surface area contributed by atoms with E-state index in [-0.39, 0.29) is 4.90 Å². The van der Waals surface area contributed by atoms with Gasteiger partial charge in [0.1, 0.15) is 0 Å². The highest BCUT2D eigenvalue weighted by Gasteiger charge is 2.40. The van der Waals surface area contributed by atoms with Gasteiger partial charge >= 0.3 is 5.97 Å². The fourth-order valence-electron chi connectivity index (χ4n) is 5.20. The predicted molar refractivity (Wildman–Crippen MR) is 148 cm³/mol. The van der Waals surface area contributed by atoms with Crippen molar-refractivity contribution in [3.63, 3.8) is 0 Å². The van der Waals surface area contributed by atoms with Gasteiger partial charge in [-0.3, -0.25) is 4.31 Å². The minimum Gasteiger partial charge on any atom is -0.479 e. The molecule has 0 unspecified atom stereocenters. The van der Waals surface area contributed by atoms with Crippen LogP contribution in [0.15, 0.2) is 41.3 Å². The SMILES string of the molecule is Cc1ccc(-c2c(C)c3c(c(C)c2[C@H](OC(C)(C)C)C(=O)O)N(C)S(=O)(=O)c2cc(C)c(C)cc2-3)cc1. The van der Waals surface area contributed by atoms with Crippen molar-refractivity contribution in [2.45, 2.75) is 72.0 Å². The van der Waals surface area contributed by atoms with Gasteiger partial charge in [-0.1, -0.05) is 29.8 Å². The van der Waals surface area contributed by atoms with E-state index in [0.717, 1.165) is 38.9 Å². The highest BCUT2D eigenvalue weighted by atomic mass is 32.2. The lowest BCUT2D eigenvalue weighted by molar-refractivity contribution is -0.160. The van der Waals surface area contributed by atoms with E-state index in [1.54, 1.807) is 13.0 Å². The third kappa shape index (κ3) is 4.44. The number of sulfonamides is 1. The molecule has 1 atom stereocenters. The standard InChI is InChI=1S/C30H35NO5S/c1-16-10-12-21(13-11-16)24-19(4)25-22-14-17(2)18(3)15-23(22)37(34,35)31(9)27(25)20(5)26(24)28(29(32)33)36-30(6,7)8/h10-15,28H,1-9H3,(H,32,33)/t28-/m0/s1. The predicted octanol–water partition coefficient (Wildman–Crippen LogP) is 6.64. The quantitative estimate of drug-likeness (QED) is 0.416. The number of hydrogen-bond acceptors (Lipinski definition) is 4. The fourth-order valence-corrected chi connectivity index (χ4v) is 6.73. The first kappa shape index (κ1) is 26.9. The van der Waals surface area contributed by atoms with Gasteiger partial charge in [-0.15, -0.1) is 0 Å². The zero-order chi connectivity index (χ0) is 27.6. The van der Waals surface area contributed by atoms with Crippen LogP contribution in [0.2, 0.25) is 0 Å². The van der Waals surface area contributed by atoms with E-state index in [0.29, 0.717) is 22.4 Å². The van der Waals surface area contributed by atoms with Crippen LogP contribution in [-0.4, -0.2) is 32.1 Å². The summed E-state index contributed by atoms with van der Waals surface area (Å²) in [5.74, 6) is -1.13. The van der Waals surface area contributed by atoms with E-state index in [4.69, 9.17) is 4.74 Å². The molecule has 6 nitrogen and oxygen atoms in total. The van der Waals surface area contributed by atoms with Crippen LogP contribution in [0, 0.1) is 34.6 Å². The molecule has 0 saturated heterocycles. The summed E-state index contributed by atoms with van der Waals surface area (Å²) < 4.78 is 34.8. The minimum absolute atomic E-state index is 0.261. The Morgan fingerprint density at radius 3 is 2.03 bits per heavy atom. The Balaban J connectivity index is 2.23. The molecule has 0 saturated carbocycles. The lowest BCUT2D eigenvalue weighted by Gasteiger charge is -2.36. The highest BCUT2D eigenvalue weighted by molar-refractivity contribution is 7.93. The molecule has 0 radical (unpaired) electrons. The summed E-state index contributed by atoms with van der Waals surface area (Å²) in [7, 11) is -2.31. The number of carboxylic acid groups (broad SMARTS) is 1. The molecule has 1 aliphatic heterocycles. The summed E-state index contributed by atoms with van der Waals surface area (Å²) in [5.41, 5.74) is 7.61. The topological polar surface area (TPSA) is 83.9 Å². The molecule has 7 heteroatoms. The second kappa shape index (κ2) is 8.99. The summed E-state index contributed by atoms with van der Waals surface area (Å²) in [5, 5.41) is 10.4. The molecule has 1 aliphatic rings. The zero-order valence-electron chi connectivity index (χ0n) is 23.0. The van der Waals surface area contributed by atoms with Crippen molar-refractivity contribution in [2.24, 2.45) is 0 Å². The first-order valence-electron chi connectivity index (χ1n) is 12.3. The monoisotopic (exact) mass is 521 g/mol. The fraction of sp³-hybridized carbons (Fsp3) is 0.367. The summed E-state index contributed by atoms with van der Waals surface area (Å²) in [4.78, 5) is 12.9. The zero-order valence-corrected chi connectivity index (χ0v) is 23.8. The third-order valence-corrected chi connectivity index (χ3v) is 8.93. The summed E-state index contributed by atoms with van der Waals surface area (Å²) in [6.45, 7) is 15.0. The third-order valence-electron chi connectivity index (χ3n) is 7.13. The van der Waals surface area contributed by atoms with Gasteiger partial charge < -0.3 is 9.84 Å². The van der Waals surface area contributed by atoms with Crippen molar-refractivity contribution in [1.29, 1.82) is 0 Å². The Kier molecular flexibility index (Phi) is 6.54. The van der Waals surface area contributed by atoms with E-state index in [1.165, 1.54) is 11.4 Å². The average Bonchev–Trinajstić information content (AvgIpc) is 2.79. The van der Waals surface area contributed by atoms with Gasteiger partial charge in [0.05, 0.1) is 16.2 Å². The number of benzene rings is 3. The number of aliphatic carboxylic acids is 1. The Hall–Kier alpha value is -3.16. The van der Waals surface area contributed by atoms with Crippen LogP contribution in [0.25, 0.3) is 22.3 Å². The molecular weight excluding hydrogens is 486 g/mol.